The number of benzene rings is 1. The van der Waals surface area contributed by atoms with Crippen LogP contribution in [-0.2, 0) is 4.79 Å². The molecule has 0 aliphatic heterocycles. The molecule has 2 aromatic rings. The first-order valence-electron chi connectivity index (χ1n) is 8.27. The average Bonchev–Trinajstić information content (AvgIpc) is 3.22. The molecule has 1 aromatic carbocycles. The van der Waals surface area contributed by atoms with E-state index in [4.69, 9.17) is 4.42 Å². The lowest BCUT2D eigenvalue weighted by molar-refractivity contribution is -0.119. The van der Waals surface area contributed by atoms with Crippen LogP contribution >= 0.6 is 11.8 Å². The Morgan fingerprint density at radius 2 is 1.96 bits per heavy atom. The van der Waals surface area contributed by atoms with Gasteiger partial charge >= 0.3 is 0 Å². The maximum Gasteiger partial charge on any atom is 0.277 e. The molecule has 0 spiro atoms. The monoisotopic (exact) mass is 356 g/mol. The highest BCUT2D eigenvalue weighted by molar-refractivity contribution is 7.99. The molecule has 6 nitrogen and oxygen atoms in total. The molecule has 0 saturated heterocycles. The molecule has 0 bridgehead atoms. The van der Waals surface area contributed by atoms with Crippen molar-refractivity contribution < 1.29 is 9.21 Å². The van der Waals surface area contributed by atoms with Crippen molar-refractivity contribution in [1.82, 2.24) is 15.5 Å². The third-order valence-electron chi connectivity index (χ3n) is 4.25. The summed E-state index contributed by atoms with van der Waals surface area (Å²) >= 11 is 1.18. The molecule has 130 valence electrons. The molecule has 1 aliphatic carbocycles. The van der Waals surface area contributed by atoms with Gasteiger partial charge < -0.3 is 9.73 Å². The minimum Gasteiger partial charge on any atom is -0.411 e. The maximum atomic E-state index is 12.1. The predicted molar refractivity (Wildman–Crippen MR) is 94.9 cm³/mol. The number of nitriles is 1. The van der Waals surface area contributed by atoms with E-state index in [1.807, 2.05) is 26.0 Å². The molecule has 0 atom stereocenters. The molecule has 1 heterocycles. The lowest BCUT2D eigenvalue weighted by Crippen LogP contribution is -2.45. The molecule has 0 radical (unpaired) electrons. The number of nitrogens with one attached hydrogen (secondary N) is 1. The second-order valence-electron chi connectivity index (χ2n) is 6.49. The zero-order valence-electron chi connectivity index (χ0n) is 14.3. The minimum atomic E-state index is -0.698. The zero-order chi connectivity index (χ0) is 17.9. The van der Waals surface area contributed by atoms with Crippen LogP contribution in [0.25, 0.3) is 11.5 Å². The van der Waals surface area contributed by atoms with Crippen LogP contribution in [0, 0.1) is 25.2 Å². The SMILES string of the molecule is Cc1cc(C)cc(-c2nnc(SCC(=O)NC3(C#N)CCCC3)o2)c1. The Hall–Kier alpha value is -2.33. The summed E-state index contributed by atoms with van der Waals surface area (Å²) in [5.74, 6) is 0.413. The van der Waals surface area contributed by atoms with Crippen molar-refractivity contribution in [2.75, 3.05) is 5.75 Å². The number of rotatable bonds is 5. The van der Waals surface area contributed by atoms with Gasteiger partial charge in [-0.05, 0) is 51.7 Å². The zero-order valence-corrected chi connectivity index (χ0v) is 15.2. The van der Waals surface area contributed by atoms with Crippen LogP contribution in [0.5, 0.6) is 0 Å². The van der Waals surface area contributed by atoms with E-state index in [0.29, 0.717) is 11.1 Å². The number of amides is 1. The number of aromatic nitrogens is 2. The van der Waals surface area contributed by atoms with E-state index in [1.165, 1.54) is 11.8 Å². The summed E-state index contributed by atoms with van der Waals surface area (Å²) in [4.78, 5) is 12.1. The van der Waals surface area contributed by atoms with Gasteiger partial charge in [0.15, 0.2) is 0 Å². The Morgan fingerprint density at radius 3 is 2.60 bits per heavy atom. The molecule has 0 unspecified atom stereocenters. The van der Waals surface area contributed by atoms with E-state index in [1.54, 1.807) is 0 Å². The third-order valence-corrected chi connectivity index (χ3v) is 5.07. The van der Waals surface area contributed by atoms with Crippen LogP contribution in [0.2, 0.25) is 0 Å². The van der Waals surface area contributed by atoms with Crippen molar-refractivity contribution >= 4 is 17.7 Å². The summed E-state index contributed by atoms with van der Waals surface area (Å²) in [5, 5.41) is 20.6. The Labute approximate surface area is 151 Å². The quantitative estimate of drug-likeness (QED) is 0.826. The molecule has 1 N–H and O–H groups in total. The van der Waals surface area contributed by atoms with E-state index >= 15 is 0 Å². The van der Waals surface area contributed by atoms with E-state index in [-0.39, 0.29) is 11.7 Å². The number of carbonyl (C=O) groups excluding carboxylic acids is 1. The van der Waals surface area contributed by atoms with Gasteiger partial charge in [0.25, 0.3) is 5.22 Å². The second kappa shape index (κ2) is 7.28. The van der Waals surface area contributed by atoms with E-state index < -0.39 is 5.54 Å². The van der Waals surface area contributed by atoms with Crippen LogP contribution in [0.3, 0.4) is 0 Å². The van der Waals surface area contributed by atoms with Gasteiger partial charge in [0.1, 0.15) is 5.54 Å². The summed E-state index contributed by atoms with van der Waals surface area (Å²) < 4.78 is 5.65. The van der Waals surface area contributed by atoms with Crippen molar-refractivity contribution in [2.24, 2.45) is 0 Å². The fraction of sp³-hybridized carbons (Fsp3) is 0.444. The first kappa shape index (κ1) is 17.5. The van der Waals surface area contributed by atoms with Crippen molar-refractivity contribution in [3.63, 3.8) is 0 Å². The third kappa shape index (κ3) is 4.20. The van der Waals surface area contributed by atoms with Crippen LogP contribution in [0.15, 0.2) is 27.8 Å². The molecular weight excluding hydrogens is 336 g/mol. The van der Waals surface area contributed by atoms with Gasteiger partial charge in [-0.1, -0.05) is 29.0 Å². The normalized spacial score (nSPS) is 15.7. The first-order valence-corrected chi connectivity index (χ1v) is 9.25. The van der Waals surface area contributed by atoms with Crippen molar-refractivity contribution in [3.8, 4) is 17.5 Å². The van der Waals surface area contributed by atoms with Crippen molar-refractivity contribution in [3.05, 3.63) is 29.3 Å². The molecule has 1 fully saturated rings. The standard InChI is InChI=1S/C18H20N4O2S/c1-12-7-13(2)9-14(8-12)16-21-22-17(24-16)25-10-15(23)20-18(11-19)5-3-4-6-18/h7-9H,3-6,10H2,1-2H3,(H,20,23). The first-order chi connectivity index (χ1) is 12.0. The summed E-state index contributed by atoms with van der Waals surface area (Å²) in [6.07, 6.45) is 3.39. The number of nitrogens with zero attached hydrogens (tertiary/aromatic N) is 3. The Bertz CT molecular complexity index is 798. The maximum absolute atomic E-state index is 12.1. The molecule has 1 amide bonds. The largest absolute Gasteiger partial charge is 0.411 e. The molecule has 7 heteroatoms. The Morgan fingerprint density at radius 1 is 1.28 bits per heavy atom. The molecule has 3 rings (SSSR count). The van der Waals surface area contributed by atoms with Crippen molar-refractivity contribution in [1.29, 1.82) is 5.26 Å². The highest BCUT2D eigenvalue weighted by Crippen LogP contribution is 2.29. The number of aryl methyl sites for hydroxylation is 2. The molecule has 1 saturated carbocycles. The molecule has 1 aliphatic rings. The summed E-state index contributed by atoms with van der Waals surface area (Å²) in [5.41, 5.74) is 2.42. The van der Waals surface area contributed by atoms with E-state index in [9.17, 15) is 10.1 Å². The van der Waals surface area contributed by atoms with Gasteiger partial charge in [-0.3, -0.25) is 4.79 Å². The van der Waals surface area contributed by atoms with Crippen LogP contribution < -0.4 is 5.32 Å². The lowest BCUT2D eigenvalue weighted by atomic mass is 10.0. The highest BCUT2D eigenvalue weighted by Gasteiger charge is 2.35. The van der Waals surface area contributed by atoms with Crippen LogP contribution in [0.4, 0.5) is 0 Å². The van der Waals surface area contributed by atoms with E-state index in [2.05, 4.69) is 27.6 Å². The predicted octanol–water partition coefficient (Wildman–Crippen LogP) is 3.40. The number of hydrogen-bond acceptors (Lipinski definition) is 6. The fourth-order valence-electron chi connectivity index (χ4n) is 3.16. The highest BCUT2D eigenvalue weighted by atomic mass is 32.2. The summed E-state index contributed by atoms with van der Waals surface area (Å²) in [7, 11) is 0. The minimum absolute atomic E-state index is 0.151. The topological polar surface area (TPSA) is 91.8 Å². The smallest absolute Gasteiger partial charge is 0.277 e. The van der Waals surface area contributed by atoms with E-state index in [0.717, 1.165) is 42.4 Å². The lowest BCUT2D eigenvalue weighted by Gasteiger charge is -2.21. The van der Waals surface area contributed by atoms with Gasteiger partial charge in [0.05, 0.1) is 11.8 Å². The van der Waals surface area contributed by atoms with Gasteiger partial charge in [-0.2, -0.15) is 5.26 Å². The number of carbonyl (C=O) groups is 1. The van der Waals surface area contributed by atoms with Crippen LogP contribution in [0.1, 0.15) is 36.8 Å². The second-order valence-corrected chi connectivity index (χ2v) is 7.41. The van der Waals surface area contributed by atoms with Crippen molar-refractivity contribution in [2.45, 2.75) is 50.3 Å². The van der Waals surface area contributed by atoms with Crippen LogP contribution in [-0.4, -0.2) is 27.4 Å². The molecule has 1 aromatic heterocycles. The Kier molecular flexibility index (Phi) is 5.09. The summed E-state index contributed by atoms with van der Waals surface area (Å²) in [6, 6.07) is 8.30. The fourth-order valence-corrected chi connectivity index (χ4v) is 3.72. The molecular formula is C18H20N4O2S. The van der Waals surface area contributed by atoms with Gasteiger partial charge in [0, 0.05) is 5.56 Å². The van der Waals surface area contributed by atoms with Gasteiger partial charge in [-0.25, -0.2) is 0 Å². The Balaban J connectivity index is 1.60. The summed E-state index contributed by atoms with van der Waals surface area (Å²) in [6.45, 7) is 4.03. The molecule has 25 heavy (non-hydrogen) atoms. The van der Waals surface area contributed by atoms with Gasteiger partial charge in [-0.15, -0.1) is 10.2 Å². The number of thioether (sulfide) groups is 1. The average molecular weight is 356 g/mol. The number of hydrogen-bond donors (Lipinski definition) is 1. The van der Waals surface area contributed by atoms with Gasteiger partial charge in [0.2, 0.25) is 11.8 Å².